The van der Waals surface area contributed by atoms with Gasteiger partial charge in [-0.25, -0.2) is 0 Å². The molecule has 0 aliphatic rings. The summed E-state index contributed by atoms with van der Waals surface area (Å²) < 4.78 is 0. The first-order valence-corrected chi connectivity index (χ1v) is 6.66. The SMILES string of the molecule is CCCNc1cccc(C(=O)N(C)CCC#N)c1[N+](=O)[O-]. The summed E-state index contributed by atoms with van der Waals surface area (Å²) >= 11 is 0. The standard InChI is InChI=1S/C14H18N4O3/c1-3-9-16-12-7-4-6-11(13(12)18(20)21)14(19)17(2)10-5-8-15/h4,6-7,16H,3,5,9-10H2,1-2H3. The Labute approximate surface area is 123 Å². The molecule has 0 fully saturated rings. The van der Waals surface area contributed by atoms with Crippen LogP contribution in [0.1, 0.15) is 30.1 Å². The molecule has 0 aliphatic heterocycles. The number of rotatable bonds is 7. The van der Waals surface area contributed by atoms with Crippen LogP contribution in [0.15, 0.2) is 18.2 Å². The normalized spacial score (nSPS) is 9.76. The van der Waals surface area contributed by atoms with Crippen molar-refractivity contribution >= 4 is 17.3 Å². The lowest BCUT2D eigenvalue weighted by Crippen LogP contribution is -2.28. The van der Waals surface area contributed by atoms with Crippen molar-refractivity contribution in [2.75, 3.05) is 25.5 Å². The van der Waals surface area contributed by atoms with Crippen LogP contribution in [0.2, 0.25) is 0 Å². The van der Waals surface area contributed by atoms with Gasteiger partial charge in [0, 0.05) is 20.1 Å². The number of para-hydroxylation sites is 1. The van der Waals surface area contributed by atoms with Crippen LogP contribution in [0.25, 0.3) is 0 Å². The van der Waals surface area contributed by atoms with Crippen molar-refractivity contribution in [1.82, 2.24) is 4.90 Å². The minimum Gasteiger partial charge on any atom is -0.379 e. The van der Waals surface area contributed by atoms with E-state index < -0.39 is 10.8 Å². The topological polar surface area (TPSA) is 99.3 Å². The highest BCUT2D eigenvalue weighted by Crippen LogP contribution is 2.29. The zero-order valence-electron chi connectivity index (χ0n) is 12.1. The Morgan fingerprint density at radius 3 is 2.81 bits per heavy atom. The molecule has 0 aliphatic carbocycles. The fourth-order valence-corrected chi connectivity index (χ4v) is 1.84. The van der Waals surface area contributed by atoms with Gasteiger partial charge in [0.2, 0.25) is 0 Å². The zero-order valence-corrected chi connectivity index (χ0v) is 12.1. The Morgan fingerprint density at radius 2 is 2.24 bits per heavy atom. The molecule has 1 N–H and O–H groups in total. The first kappa shape index (κ1) is 16.4. The van der Waals surface area contributed by atoms with Gasteiger partial charge in [0.05, 0.1) is 17.4 Å². The van der Waals surface area contributed by atoms with Crippen LogP contribution >= 0.6 is 0 Å². The van der Waals surface area contributed by atoms with E-state index >= 15 is 0 Å². The summed E-state index contributed by atoms with van der Waals surface area (Å²) in [6.45, 7) is 2.77. The number of nitro groups is 1. The van der Waals surface area contributed by atoms with Gasteiger partial charge in [0.1, 0.15) is 11.3 Å². The van der Waals surface area contributed by atoms with Crippen molar-refractivity contribution in [3.63, 3.8) is 0 Å². The number of benzene rings is 1. The maximum Gasteiger partial charge on any atom is 0.305 e. The smallest absolute Gasteiger partial charge is 0.305 e. The molecule has 0 radical (unpaired) electrons. The highest BCUT2D eigenvalue weighted by molar-refractivity contribution is 6.00. The molecule has 1 amide bonds. The van der Waals surface area contributed by atoms with Crippen molar-refractivity contribution in [3.8, 4) is 6.07 Å². The second-order valence-corrected chi connectivity index (χ2v) is 4.52. The van der Waals surface area contributed by atoms with Crippen LogP contribution in [-0.4, -0.2) is 35.9 Å². The summed E-state index contributed by atoms with van der Waals surface area (Å²) in [6.07, 6.45) is 1.00. The van der Waals surface area contributed by atoms with Crippen molar-refractivity contribution < 1.29 is 9.72 Å². The molecule has 0 saturated heterocycles. The summed E-state index contributed by atoms with van der Waals surface area (Å²) in [5, 5.41) is 22.8. The average Bonchev–Trinajstić information content (AvgIpc) is 2.48. The Balaban J connectivity index is 3.14. The highest BCUT2D eigenvalue weighted by atomic mass is 16.6. The molecule has 1 aromatic rings. The van der Waals surface area contributed by atoms with E-state index in [2.05, 4.69) is 5.32 Å². The van der Waals surface area contributed by atoms with Gasteiger partial charge in [0.25, 0.3) is 5.91 Å². The number of hydrogen-bond donors (Lipinski definition) is 1. The highest BCUT2D eigenvalue weighted by Gasteiger charge is 2.26. The lowest BCUT2D eigenvalue weighted by Gasteiger charge is -2.16. The molecule has 7 heteroatoms. The molecule has 1 rings (SSSR count). The quantitative estimate of drug-likeness (QED) is 0.614. The number of carbonyl (C=O) groups is 1. The monoisotopic (exact) mass is 290 g/mol. The van der Waals surface area contributed by atoms with E-state index in [1.165, 1.54) is 18.0 Å². The molecular formula is C14H18N4O3. The molecular weight excluding hydrogens is 272 g/mol. The lowest BCUT2D eigenvalue weighted by atomic mass is 10.1. The predicted molar refractivity (Wildman–Crippen MR) is 79.1 cm³/mol. The van der Waals surface area contributed by atoms with Gasteiger partial charge in [-0.3, -0.25) is 14.9 Å². The molecule has 0 atom stereocenters. The van der Waals surface area contributed by atoms with E-state index in [1.54, 1.807) is 12.1 Å². The molecule has 0 spiro atoms. The van der Waals surface area contributed by atoms with Crippen LogP contribution in [-0.2, 0) is 0 Å². The average molecular weight is 290 g/mol. The minimum atomic E-state index is -0.552. The summed E-state index contributed by atoms with van der Waals surface area (Å²) in [4.78, 5) is 24.3. The van der Waals surface area contributed by atoms with Crippen molar-refractivity contribution in [1.29, 1.82) is 5.26 Å². The third-order valence-electron chi connectivity index (χ3n) is 2.92. The van der Waals surface area contributed by atoms with Gasteiger partial charge in [-0.2, -0.15) is 5.26 Å². The van der Waals surface area contributed by atoms with E-state index in [1.807, 2.05) is 13.0 Å². The number of nitriles is 1. The van der Waals surface area contributed by atoms with Crippen LogP contribution < -0.4 is 5.32 Å². The van der Waals surface area contributed by atoms with Crippen LogP contribution in [0.3, 0.4) is 0 Å². The molecule has 1 aromatic carbocycles. The molecule has 7 nitrogen and oxygen atoms in total. The number of nitrogens with zero attached hydrogens (tertiary/aromatic N) is 3. The Morgan fingerprint density at radius 1 is 1.52 bits per heavy atom. The van der Waals surface area contributed by atoms with Crippen LogP contribution in [0.4, 0.5) is 11.4 Å². The molecule has 0 unspecified atom stereocenters. The number of carbonyl (C=O) groups excluding carboxylic acids is 1. The number of nitro benzene ring substituents is 1. The second kappa shape index (κ2) is 7.85. The van der Waals surface area contributed by atoms with Crippen molar-refractivity contribution in [2.45, 2.75) is 19.8 Å². The Hall–Kier alpha value is -2.62. The minimum absolute atomic E-state index is 0.0292. The van der Waals surface area contributed by atoms with Gasteiger partial charge in [-0.1, -0.05) is 13.0 Å². The van der Waals surface area contributed by atoms with E-state index in [4.69, 9.17) is 5.26 Å². The molecule has 0 saturated carbocycles. The third kappa shape index (κ3) is 4.18. The van der Waals surface area contributed by atoms with Gasteiger partial charge >= 0.3 is 5.69 Å². The summed E-state index contributed by atoms with van der Waals surface area (Å²) in [7, 11) is 1.52. The fourth-order valence-electron chi connectivity index (χ4n) is 1.84. The maximum absolute atomic E-state index is 12.3. The molecule has 0 aromatic heterocycles. The Bertz CT molecular complexity index is 566. The largest absolute Gasteiger partial charge is 0.379 e. The maximum atomic E-state index is 12.3. The van der Waals surface area contributed by atoms with Crippen molar-refractivity contribution in [2.24, 2.45) is 0 Å². The third-order valence-corrected chi connectivity index (χ3v) is 2.92. The number of hydrogen-bond acceptors (Lipinski definition) is 5. The van der Waals surface area contributed by atoms with Gasteiger partial charge in [-0.05, 0) is 18.6 Å². The van der Waals surface area contributed by atoms with E-state index in [-0.39, 0.29) is 24.2 Å². The summed E-state index contributed by atoms with van der Waals surface area (Å²) in [6, 6.07) is 6.56. The Kier molecular flexibility index (Phi) is 6.14. The zero-order chi connectivity index (χ0) is 15.8. The predicted octanol–water partition coefficient (Wildman–Crippen LogP) is 2.40. The lowest BCUT2D eigenvalue weighted by molar-refractivity contribution is -0.384. The fraction of sp³-hybridized carbons (Fsp3) is 0.429. The molecule has 112 valence electrons. The van der Waals surface area contributed by atoms with E-state index in [0.29, 0.717) is 12.2 Å². The summed E-state index contributed by atoms with van der Waals surface area (Å²) in [5.74, 6) is -0.461. The molecule has 21 heavy (non-hydrogen) atoms. The van der Waals surface area contributed by atoms with Crippen molar-refractivity contribution in [3.05, 3.63) is 33.9 Å². The van der Waals surface area contributed by atoms with E-state index in [9.17, 15) is 14.9 Å². The van der Waals surface area contributed by atoms with Crippen LogP contribution in [0, 0.1) is 21.4 Å². The second-order valence-electron chi connectivity index (χ2n) is 4.52. The first-order chi connectivity index (χ1) is 10.0. The first-order valence-electron chi connectivity index (χ1n) is 6.66. The number of nitrogens with one attached hydrogen (secondary N) is 1. The van der Waals surface area contributed by atoms with Gasteiger partial charge in [-0.15, -0.1) is 0 Å². The molecule has 0 bridgehead atoms. The van der Waals surface area contributed by atoms with Crippen LogP contribution in [0.5, 0.6) is 0 Å². The molecule has 0 heterocycles. The summed E-state index contributed by atoms with van der Waals surface area (Å²) in [5.41, 5.74) is 0.141. The van der Waals surface area contributed by atoms with Gasteiger partial charge in [0.15, 0.2) is 0 Å². The van der Waals surface area contributed by atoms with E-state index in [0.717, 1.165) is 6.42 Å². The number of amides is 1. The van der Waals surface area contributed by atoms with Gasteiger partial charge < -0.3 is 10.2 Å². The number of anilines is 1.